The van der Waals surface area contributed by atoms with Gasteiger partial charge in [-0.15, -0.1) is 0 Å². The summed E-state index contributed by atoms with van der Waals surface area (Å²) in [5.74, 6) is 2.13. The van der Waals surface area contributed by atoms with Crippen molar-refractivity contribution in [3.63, 3.8) is 0 Å². The summed E-state index contributed by atoms with van der Waals surface area (Å²) in [6.07, 6.45) is 1.76. The number of fused-ring (bicyclic) bond motifs is 1. The van der Waals surface area contributed by atoms with Crippen LogP contribution in [0.4, 0.5) is 17.5 Å². The molecule has 0 unspecified atom stereocenters. The number of hydrogen-bond acceptors (Lipinski definition) is 6. The van der Waals surface area contributed by atoms with Crippen molar-refractivity contribution in [2.75, 3.05) is 31.4 Å². The van der Waals surface area contributed by atoms with Crippen LogP contribution >= 0.6 is 0 Å². The van der Waals surface area contributed by atoms with Crippen LogP contribution in [0.2, 0.25) is 0 Å². The molecule has 2 heterocycles. The third-order valence-electron chi connectivity index (χ3n) is 3.31. The minimum absolute atomic E-state index is 0.626. The van der Waals surface area contributed by atoms with E-state index < -0.39 is 0 Å². The second-order valence-corrected chi connectivity index (χ2v) is 5.13. The highest BCUT2D eigenvalue weighted by Gasteiger charge is 2.13. The topological polar surface area (TPSA) is 68.1 Å². The van der Waals surface area contributed by atoms with Crippen molar-refractivity contribution in [2.24, 2.45) is 7.05 Å². The molecule has 3 rings (SSSR count). The van der Waals surface area contributed by atoms with Crippen LogP contribution in [0.1, 0.15) is 0 Å². The summed E-state index contributed by atoms with van der Waals surface area (Å²) in [5, 5.41) is 8.45. The lowest BCUT2D eigenvalue weighted by Crippen LogP contribution is -2.14. The Labute approximate surface area is 128 Å². The average molecular weight is 298 g/mol. The smallest absolute Gasteiger partial charge is 0.228 e. The van der Waals surface area contributed by atoms with Crippen molar-refractivity contribution in [3.8, 4) is 5.75 Å². The molecule has 1 aromatic carbocycles. The van der Waals surface area contributed by atoms with Crippen LogP contribution in [0.25, 0.3) is 11.0 Å². The van der Waals surface area contributed by atoms with E-state index in [0.717, 1.165) is 28.3 Å². The van der Waals surface area contributed by atoms with Crippen LogP contribution in [0.15, 0.2) is 30.5 Å². The second-order valence-electron chi connectivity index (χ2n) is 5.13. The first-order chi connectivity index (χ1) is 10.6. The Kier molecular flexibility index (Phi) is 3.54. The Morgan fingerprint density at radius 3 is 2.77 bits per heavy atom. The number of hydrogen-bond donors (Lipinski definition) is 1. The highest BCUT2D eigenvalue weighted by molar-refractivity contribution is 5.89. The molecule has 0 saturated heterocycles. The Morgan fingerprint density at radius 2 is 2.05 bits per heavy atom. The molecule has 0 amide bonds. The fourth-order valence-electron chi connectivity index (χ4n) is 2.14. The Balaban J connectivity index is 2.08. The zero-order valence-corrected chi connectivity index (χ0v) is 13.0. The van der Waals surface area contributed by atoms with Gasteiger partial charge in [0.25, 0.3) is 0 Å². The fraction of sp³-hybridized carbons (Fsp3) is 0.267. The number of ether oxygens (including phenoxy) is 1. The van der Waals surface area contributed by atoms with E-state index in [1.165, 1.54) is 0 Å². The third kappa shape index (κ3) is 2.52. The van der Waals surface area contributed by atoms with E-state index in [0.29, 0.717) is 5.95 Å². The molecular weight excluding hydrogens is 280 g/mol. The quantitative estimate of drug-likeness (QED) is 0.796. The van der Waals surface area contributed by atoms with Crippen molar-refractivity contribution >= 4 is 28.5 Å². The van der Waals surface area contributed by atoms with Gasteiger partial charge >= 0.3 is 0 Å². The number of benzene rings is 1. The molecule has 7 nitrogen and oxygen atoms in total. The maximum atomic E-state index is 5.25. The molecule has 0 spiro atoms. The lowest BCUT2D eigenvalue weighted by Gasteiger charge is -2.13. The van der Waals surface area contributed by atoms with E-state index in [-0.39, 0.29) is 0 Å². The van der Waals surface area contributed by atoms with E-state index in [4.69, 9.17) is 4.74 Å². The van der Waals surface area contributed by atoms with Gasteiger partial charge in [0.1, 0.15) is 11.6 Å². The van der Waals surface area contributed by atoms with E-state index in [1.807, 2.05) is 50.3 Å². The number of methoxy groups -OCH3 is 1. The van der Waals surface area contributed by atoms with Gasteiger partial charge in [-0.3, -0.25) is 4.68 Å². The summed E-state index contributed by atoms with van der Waals surface area (Å²) in [6.45, 7) is 0. The number of nitrogens with one attached hydrogen (secondary N) is 1. The molecule has 0 radical (unpaired) electrons. The van der Waals surface area contributed by atoms with Gasteiger partial charge in [-0.05, 0) is 12.1 Å². The van der Waals surface area contributed by atoms with Gasteiger partial charge in [-0.2, -0.15) is 15.1 Å². The van der Waals surface area contributed by atoms with Crippen LogP contribution in [-0.2, 0) is 7.05 Å². The Morgan fingerprint density at radius 1 is 1.23 bits per heavy atom. The van der Waals surface area contributed by atoms with Crippen LogP contribution in [-0.4, -0.2) is 41.0 Å². The summed E-state index contributed by atoms with van der Waals surface area (Å²) >= 11 is 0. The van der Waals surface area contributed by atoms with Crippen LogP contribution in [0.3, 0.4) is 0 Å². The summed E-state index contributed by atoms with van der Waals surface area (Å²) in [6, 6.07) is 7.70. The highest BCUT2D eigenvalue weighted by atomic mass is 16.5. The molecule has 0 bridgehead atoms. The van der Waals surface area contributed by atoms with Gasteiger partial charge in [0.15, 0.2) is 5.65 Å². The second kappa shape index (κ2) is 5.51. The van der Waals surface area contributed by atoms with Crippen molar-refractivity contribution in [2.45, 2.75) is 0 Å². The normalized spacial score (nSPS) is 10.7. The summed E-state index contributed by atoms with van der Waals surface area (Å²) < 4.78 is 6.99. The molecule has 114 valence electrons. The molecule has 0 saturated carbocycles. The predicted molar refractivity (Wildman–Crippen MR) is 86.9 cm³/mol. The average Bonchev–Trinajstić information content (AvgIpc) is 2.89. The molecule has 2 aromatic heterocycles. The molecule has 0 fully saturated rings. The van der Waals surface area contributed by atoms with Crippen LogP contribution in [0, 0.1) is 0 Å². The predicted octanol–water partition coefficient (Wildman–Crippen LogP) is 2.18. The Hall–Kier alpha value is -2.83. The molecule has 0 aliphatic rings. The lowest BCUT2D eigenvalue weighted by atomic mass is 10.3. The van der Waals surface area contributed by atoms with E-state index >= 15 is 0 Å². The van der Waals surface area contributed by atoms with E-state index in [9.17, 15) is 0 Å². The maximum absolute atomic E-state index is 5.25. The van der Waals surface area contributed by atoms with E-state index in [2.05, 4.69) is 20.4 Å². The standard InChI is InChI=1S/C15H18N6O/c1-20(2)15-18-13(12-9-16-21(3)14(12)19-15)17-10-6-5-7-11(8-10)22-4/h5-9H,1-4H3,(H,17,18,19). The summed E-state index contributed by atoms with van der Waals surface area (Å²) in [5.41, 5.74) is 1.68. The molecule has 3 aromatic rings. The number of anilines is 3. The largest absolute Gasteiger partial charge is 0.497 e. The number of rotatable bonds is 4. The minimum atomic E-state index is 0.626. The van der Waals surface area contributed by atoms with Gasteiger partial charge in [-0.25, -0.2) is 0 Å². The monoisotopic (exact) mass is 298 g/mol. The molecule has 7 heteroatoms. The molecule has 0 aliphatic heterocycles. The highest BCUT2D eigenvalue weighted by Crippen LogP contribution is 2.27. The van der Waals surface area contributed by atoms with Crippen LogP contribution in [0.5, 0.6) is 5.75 Å². The SMILES string of the molecule is COc1cccc(Nc2nc(N(C)C)nc3c2cnn3C)c1. The number of nitrogens with zero attached hydrogens (tertiary/aromatic N) is 5. The van der Waals surface area contributed by atoms with E-state index in [1.54, 1.807) is 18.0 Å². The van der Waals surface area contributed by atoms with Gasteiger partial charge in [0.05, 0.1) is 18.7 Å². The molecule has 0 aliphatic carbocycles. The fourth-order valence-corrected chi connectivity index (χ4v) is 2.14. The summed E-state index contributed by atoms with van der Waals surface area (Å²) in [4.78, 5) is 11.0. The molecular formula is C15H18N6O. The van der Waals surface area contributed by atoms with Crippen molar-refractivity contribution in [1.82, 2.24) is 19.7 Å². The first-order valence-electron chi connectivity index (χ1n) is 6.86. The van der Waals surface area contributed by atoms with Gasteiger partial charge < -0.3 is 15.0 Å². The van der Waals surface area contributed by atoms with Crippen molar-refractivity contribution in [1.29, 1.82) is 0 Å². The lowest BCUT2D eigenvalue weighted by molar-refractivity contribution is 0.415. The minimum Gasteiger partial charge on any atom is -0.497 e. The van der Waals surface area contributed by atoms with Crippen molar-refractivity contribution in [3.05, 3.63) is 30.5 Å². The zero-order valence-electron chi connectivity index (χ0n) is 13.0. The molecule has 22 heavy (non-hydrogen) atoms. The van der Waals surface area contributed by atoms with Gasteiger partial charge in [0.2, 0.25) is 5.95 Å². The molecule has 1 N–H and O–H groups in total. The molecule has 0 atom stereocenters. The first kappa shape index (κ1) is 14.1. The zero-order chi connectivity index (χ0) is 15.7. The van der Waals surface area contributed by atoms with Gasteiger partial charge in [0, 0.05) is 32.9 Å². The third-order valence-corrected chi connectivity index (χ3v) is 3.31. The number of aryl methyl sites for hydroxylation is 1. The van der Waals surface area contributed by atoms with Crippen molar-refractivity contribution < 1.29 is 4.74 Å². The Bertz CT molecular complexity index is 811. The maximum Gasteiger partial charge on any atom is 0.228 e. The number of aromatic nitrogens is 4. The van der Waals surface area contributed by atoms with Gasteiger partial charge in [-0.1, -0.05) is 6.07 Å². The van der Waals surface area contributed by atoms with Crippen LogP contribution < -0.4 is 15.0 Å². The summed E-state index contributed by atoms with van der Waals surface area (Å²) in [7, 11) is 7.33. The first-order valence-corrected chi connectivity index (χ1v) is 6.86.